The lowest BCUT2D eigenvalue weighted by Crippen LogP contribution is -2.53. The third-order valence-corrected chi connectivity index (χ3v) is 8.81. The molecule has 0 saturated heterocycles. The van der Waals surface area contributed by atoms with Gasteiger partial charge in [-0.2, -0.15) is 0 Å². The largest absolute Gasteiger partial charge is 0.508 e. The van der Waals surface area contributed by atoms with Crippen LogP contribution >= 0.6 is 0 Å². The quantitative estimate of drug-likeness (QED) is 0.361. The number of carbonyl (C=O) groups excluding carboxylic acids is 1. The lowest BCUT2D eigenvalue weighted by atomic mass is 9.46. The summed E-state index contributed by atoms with van der Waals surface area (Å²) in [5, 5.41) is 20.4. The number of benzene rings is 1. The van der Waals surface area contributed by atoms with Crippen molar-refractivity contribution in [1.82, 2.24) is 0 Å². The molecule has 3 aliphatic carbocycles. The van der Waals surface area contributed by atoms with Gasteiger partial charge >= 0.3 is 5.97 Å². The fraction of sp³-hybridized carbons (Fsp3) is 0.593. The van der Waals surface area contributed by atoms with E-state index in [0.717, 1.165) is 56.1 Å². The zero-order valence-electron chi connectivity index (χ0n) is 19.2. The maximum Gasteiger partial charge on any atom is 0.311 e. The van der Waals surface area contributed by atoms with Crippen LogP contribution in [0, 0.1) is 22.7 Å². The molecule has 0 heterocycles. The standard InChI is InChI=1S/C27H36O4/c1-17-6-13-24-26(2,14-5-15-27(24,3)25(30)31-4)21(17)10-8-18-7-9-19-20(16-18)23(29)12-11-22(19)28/h7,11-12,21,24,28-29H,1,5-6,8-10,13-16H2,2-4H3/t21-,24?,26+,27-/m0/s1. The second-order valence-electron chi connectivity index (χ2n) is 10.4. The van der Waals surface area contributed by atoms with Crippen molar-refractivity contribution >= 4 is 5.97 Å². The molecule has 0 aromatic heterocycles. The Kier molecular flexibility index (Phi) is 5.70. The Hall–Kier alpha value is -2.23. The minimum Gasteiger partial charge on any atom is -0.508 e. The first-order valence-corrected chi connectivity index (χ1v) is 11.7. The van der Waals surface area contributed by atoms with E-state index in [1.807, 2.05) is 0 Å². The summed E-state index contributed by atoms with van der Waals surface area (Å²) >= 11 is 0. The van der Waals surface area contributed by atoms with E-state index >= 15 is 0 Å². The number of allylic oxidation sites excluding steroid dienone is 3. The fourth-order valence-electron chi connectivity index (χ4n) is 7.12. The molecular formula is C27H36O4. The fourth-order valence-corrected chi connectivity index (χ4v) is 7.12. The summed E-state index contributed by atoms with van der Waals surface area (Å²) < 4.78 is 5.24. The molecule has 31 heavy (non-hydrogen) atoms. The molecule has 0 bridgehead atoms. The number of esters is 1. The van der Waals surface area contributed by atoms with E-state index in [9.17, 15) is 15.0 Å². The van der Waals surface area contributed by atoms with Crippen molar-refractivity contribution in [1.29, 1.82) is 0 Å². The van der Waals surface area contributed by atoms with Crippen LogP contribution in [0.2, 0.25) is 0 Å². The molecule has 3 aliphatic rings. The molecule has 168 valence electrons. The van der Waals surface area contributed by atoms with Gasteiger partial charge in [0.2, 0.25) is 0 Å². The van der Waals surface area contributed by atoms with Gasteiger partial charge in [0.25, 0.3) is 0 Å². The van der Waals surface area contributed by atoms with E-state index in [4.69, 9.17) is 4.74 Å². The Labute approximate surface area is 186 Å². The van der Waals surface area contributed by atoms with E-state index < -0.39 is 5.41 Å². The van der Waals surface area contributed by atoms with Gasteiger partial charge < -0.3 is 14.9 Å². The first-order chi connectivity index (χ1) is 14.7. The van der Waals surface area contributed by atoms with E-state index in [-0.39, 0.29) is 22.9 Å². The maximum absolute atomic E-state index is 12.8. The summed E-state index contributed by atoms with van der Waals surface area (Å²) in [6.45, 7) is 8.95. The van der Waals surface area contributed by atoms with Gasteiger partial charge in [-0.05, 0) is 87.7 Å². The van der Waals surface area contributed by atoms with Crippen molar-refractivity contribution < 1.29 is 19.7 Å². The molecule has 4 nitrogen and oxygen atoms in total. The van der Waals surface area contributed by atoms with Crippen molar-refractivity contribution in [2.45, 2.75) is 71.6 Å². The Balaban J connectivity index is 1.53. The molecule has 1 aromatic carbocycles. The molecule has 4 atom stereocenters. The highest BCUT2D eigenvalue weighted by Gasteiger charge is 2.57. The first-order valence-electron chi connectivity index (χ1n) is 11.7. The molecule has 1 unspecified atom stereocenters. The van der Waals surface area contributed by atoms with Crippen LogP contribution in [0.1, 0.15) is 69.9 Å². The van der Waals surface area contributed by atoms with Crippen molar-refractivity contribution in [2.75, 3.05) is 7.11 Å². The van der Waals surface area contributed by atoms with Gasteiger partial charge in [0.05, 0.1) is 12.5 Å². The van der Waals surface area contributed by atoms with Crippen LogP contribution in [0.4, 0.5) is 0 Å². The molecule has 2 saturated carbocycles. The van der Waals surface area contributed by atoms with E-state index in [0.29, 0.717) is 24.7 Å². The average Bonchev–Trinajstić information content (AvgIpc) is 2.75. The third-order valence-electron chi connectivity index (χ3n) is 8.81. The zero-order chi connectivity index (χ0) is 22.4. The predicted octanol–water partition coefficient (Wildman–Crippen LogP) is 5.85. The molecule has 0 amide bonds. The lowest BCUT2D eigenvalue weighted by Gasteiger charge is -2.57. The number of rotatable bonds is 4. The van der Waals surface area contributed by atoms with Crippen LogP contribution in [-0.4, -0.2) is 23.3 Å². The molecule has 4 heteroatoms. The van der Waals surface area contributed by atoms with Gasteiger partial charge in [-0.1, -0.05) is 37.1 Å². The first kappa shape index (κ1) is 22.0. The highest BCUT2D eigenvalue weighted by atomic mass is 16.5. The van der Waals surface area contributed by atoms with Crippen molar-refractivity contribution in [2.24, 2.45) is 22.7 Å². The number of fused-ring (bicyclic) bond motifs is 2. The van der Waals surface area contributed by atoms with Gasteiger partial charge in [-0.15, -0.1) is 0 Å². The van der Waals surface area contributed by atoms with Gasteiger partial charge in [0.1, 0.15) is 11.5 Å². The zero-order valence-corrected chi connectivity index (χ0v) is 19.2. The van der Waals surface area contributed by atoms with Gasteiger partial charge in [-0.3, -0.25) is 4.79 Å². The highest BCUT2D eigenvalue weighted by molar-refractivity contribution is 5.77. The second-order valence-corrected chi connectivity index (χ2v) is 10.4. The molecular weight excluding hydrogens is 388 g/mol. The van der Waals surface area contributed by atoms with E-state index in [2.05, 4.69) is 26.5 Å². The summed E-state index contributed by atoms with van der Waals surface area (Å²) in [7, 11) is 1.51. The van der Waals surface area contributed by atoms with Crippen molar-refractivity contribution in [3.05, 3.63) is 47.1 Å². The summed E-state index contributed by atoms with van der Waals surface area (Å²) in [5.74, 6) is 1.18. The highest BCUT2D eigenvalue weighted by Crippen LogP contribution is 2.62. The van der Waals surface area contributed by atoms with Crippen LogP contribution < -0.4 is 0 Å². The Morgan fingerprint density at radius 3 is 2.61 bits per heavy atom. The maximum atomic E-state index is 12.8. The molecule has 2 fully saturated rings. The number of methoxy groups -OCH3 is 1. The van der Waals surface area contributed by atoms with Crippen LogP contribution in [0.5, 0.6) is 11.5 Å². The predicted molar refractivity (Wildman–Crippen MR) is 122 cm³/mol. The summed E-state index contributed by atoms with van der Waals surface area (Å²) in [6, 6.07) is 3.16. The number of phenolic OH excluding ortho intramolecular Hbond substituents is 2. The SMILES string of the molecule is C=C1CCC2[C@](C)(CCC[C@]2(C)C(=O)OC)[C@H]1CCC1=CCc2c(O)ccc(O)c2C1. The van der Waals surface area contributed by atoms with Gasteiger partial charge in [0.15, 0.2) is 0 Å². The minimum atomic E-state index is -0.410. The van der Waals surface area contributed by atoms with Crippen LogP contribution in [0.15, 0.2) is 35.9 Å². The normalized spacial score (nSPS) is 32.6. The summed E-state index contributed by atoms with van der Waals surface area (Å²) in [6.07, 6.45) is 10.6. The topological polar surface area (TPSA) is 66.8 Å². The number of hydrogen-bond donors (Lipinski definition) is 2. The van der Waals surface area contributed by atoms with Gasteiger partial charge in [0, 0.05) is 11.1 Å². The smallest absolute Gasteiger partial charge is 0.311 e. The minimum absolute atomic E-state index is 0.0587. The molecule has 0 radical (unpaired) electrons. The van der Waals surface area contributed by atoms with Crippen LogP contribution in [-0.2, 0) is 22.4 Å². The monoisotopic (exact) mass is 424 g/mol. The molecule has 4 rings (SSSR count). The number of aromatic hydroxyl groups is 2. The van der Waals surface area contributed by atoms with E-state index in [1.165, 1.54) is 18.3 Å². The number of ether oxygens (including phenoxy) is 1. The summed E-state index contributed by atoms with van der Waals surface area (Å²) in [5.41, 5.74) is 4.00. The Bertz CT molecular complexity index is 929. The van der Waals surface area contributed by atoms with Gasteiger partial charge in [-0.25, -0.2) is 0 Å². The Morgan fingerprint density at radius 2 is 1.90 bits per heavy atom. The molecule has 1 aromatic rings. The Morgan fingerprint density at radius 1 is 1.19 bits per heavy atom. The van der Waals surface area contributed by atoms with Crippen LogP contribution in [0.25, 0.3) is 0 Å². The molecule has 0 spiro atoms. The van der Waals surface area contributed by atoms with Crippen LogP contribution in [0.3, 0.4) is 0 Å². The lowest BCUT2D eigenvalue weighted by molar-refractivity contribution is -0.168. The third kappa shape index (κ3) is 3.58. The average molecular weight is 425 g/mol. The van der Waals surface area contributed by atoms with E-state index in [1.54, 1.807) is 12.1 Å². The molecule has 2 N–H and O–H groups in total. The summed E-state index contributed by atoms with van der Waals surface area (Å²) in [4.78, 5) is 12.8. The second kappa shape index (κ2) is 8.03. The van der Waals surface area contributed by atoms with Crippen molar-refractivity contribution in [3.63, 3.8) is 0 Å². The number of hydrogen-bond acceptors (Lipinski definition) is 4. The molecule has 0 aliphatic heterocycles. The van der Waals surface area contributed by atoms with Crippen molar-refractivity contribution in [3.8, 4) is 11.5 Å². The number of carbonyl (C=O) groups is 1. The number of phenols is 2.